The largest absolute Gasteiger partial charge is 0.399 e. The van der Waals surface area contributed by atoms with Crippen molar-refractivity contribution in [2.75, 3.05) is 5.73 Å². The zero-order valence-electron chi connectivity index (χ0n) is 10.2. The third-order valence-electron chi connectivity index (χ3n) is 3.50. The van der Waals surface area contributed by atoms with Crippen molar-refractivity contribution < 1.29 is 0 Å². The molecule has 2 atom stereocenters. The minimum absolute atomic E-state index is 0.294. The van der Waals surface area contributed by atoms with Gasteiger partial charge >= 0.3 is 0 Å². The first-order valence-corrected chi connectivity index (χ1v) is 7.28. The maximum atomic E-state index is 6.16. The molecule has 0 amide bonds. The van der Waals surface area contributed by atoms with Crippen LogP contribution in [0.1, 0.15) is 25.7 Å². The average molecular weight is 262 g/mol. The van der Waals surface area contributed by atoms with Gasteiger partial charge in [-0.15, -0.1) is 0 Å². The van der Waals surface area contributed by atoms with E-state index in [1.807, 2.05) is 18.2 Å². The van der Waals surface area contributed by atoms with Gasteiger partial charge in [0.25, 0.3) is 0 Å². The molecule has 0 bridgehead atoms. The second-order valence-electron chi connectivity index (χ2n) is 4.92. The molecule has 1 aromatic heterocycles. The SMILES string of the molecule is Nc1ccc2nc(SC3CCCCC3N)[nH]c2c1. The van der Waals surface area contributed by atoms with Gasteiger partial charge in [0.05, 0.1) is 11.0 Å². The molecule has 1 saturated carbocycles. The fourth-order valence-corrected chi connectivity index (χ4v) is 3.68. The molecule has 0 saturated heterocycles. The summed E-state index contributed by atoms with van der Waals surface area (Å²) in [5.41, 5.74) is 14.7. The summed E-state index contributed by atoms with van der Waals surface area (Å²) in [4.78, 5) is 7.90. The topological polar surface area (TPSA) is 80.7 Å². The van der Waals surface area contributed by atoms with Gasteiger partial charge in [0.15, 0.2) is 5.16 Å². The van der Waals surface area contributed by atoms with Gasteiger partial charge in [-0.3, -0.25) is 0 Å². The van der Waals surface area contributed by atoms with Crippen LogP contribution in [0.5, 0.6) is 0 Å². The molecule has 3 rings (SSSR count). The number of aromatic nitrogens is 2. The lowest BCUT2D eigenvalue weighted by Crippen LogP contribution is -2.35. The monoisotopic (exact) mass is 262 g/mol. The Bertz CT molecular complexity index is 551. The molecular formula is C13H18N4S. The lowest BCUT2D eigenvalue weighted by molar-refractivity contribution is 0.453. The van der Waals surface area contributed by atoms with Crippen molar-refractivity contribution in [2.24, 2.45) is 5.73 Å². The Kier molecular flexibility index (Phi) is 3.18. The maximum absolute atomic E-state index is 6.16. The highest BCUT2D eigenvalue weighted by Gasteiger charge is 2.23. The van der Waals surface area contributed by atoms with E-state index in [0.29, 0.717) is 11.3 Å². The number of hydrogen-bond donors (Lipinski definition) is 3. The number of rotatable bonds is 2. The number of imidazole rings is 1. The summed E-state index contributed by atoms with van der Waals surface area (Å²) >= 11 is 1.77. The first-order chi connectivity index (χ1) is 8.72. The number of hydrogen-bond acceptors (Lipinski definition) is 4. The van der Waals surface area contributed by atoms with E-state index in [-0.39, 0.29) is 0 Å². The number of aromatic amines is 1. The Morgan fingerprint density at radius 3 is 2.94 bits per heavy atom. The highest BCUT2D eigenvalue weighted by molar-refractivity contribution is 7.99. The number of anilines is 1. The molecule has 5 heteroatoms. The van der Waals surface area contributed by atoms with E-state index < -0.39 is 0 Å². The van der Waals surface area contributed by atoms with Crippen molar-refractivity contribution in [3.8, 4) is 0 Å². The van der Waals surface area contributed by atoms with Gasteiger partial charge in [-0.1, -0.05) is 24.6 Å². The van der Waals surface area contributed by atoms with Crippen LogP contribution in [-0.2, 0) is 0 Å². The van der Waals surface area contributed by atoms with E-state index in [4.69, 9.17) is 11.5 Å². The maximum Gasteiger partial charge on any atom is 0.166 e. The van der Waals surface area contributed by atoms with Crippen LogP contribution in [0.3, 0.4) is 0 Å². The zero-order valence-corrected chi connectivity index (χ0v) is 11.0. The van der Waals surface area contributed by atoms with Crippen molar-refractivity contribution >= 4 is 28.5 Å². The van der Waals surface area contributed by atoms with Crippen LogP contribution in [0.4, 0.5) is 5.69 Å². The molecule has 18 heavy (non-hydrogen) atoms. The Morgan fingerprint density at radius 2 is 2.11 bits per heavy atom. The number of thioether (sulfide) groups is 1. The highest BCUT2D eigenvalue weighted by Crippen LogP contribution is 2.32. The summed E-state index contributed by atoms with van der Waals surface area (Å²) in [5.74, 6) is 0. The molecule has 1 aromatic carbocycles. The Labute approximate surface area is 111 Å². The van der Waals surface area contributed by atoms with Crippen molar-refractivity contribution in [3.63, 3.8) is 0 Å². The molecule has 1 aliphatic rings. The summed E-state index contributed by atoms with van der Waals surface area (Å²) in [6.45, 7) is 0. The summed E-state index contributed by atoms with van der Waals surface area (Å²) in [6, 6.07) is 6.05. The predicted octanol–water partition coefficient (Wildman–Crippen LogP) is 2.51. The summed E-state index contributed by atoms with van der Waals surface area (Å²) in [6.07, 6.45) is 4.85. The van der Waals surface area contributed by atoms with Crippen molar-refractivity contribution in [3.05, 3.63) is 18.2 Å². The molecule has 1 heterocycles. The number of nitrogens with two attached hydrogens (primary N) is 2. The molecular weight excluding hydrogens is 244 g/mol. The van der Waals surface area contributed by atoms with Gasteiger partial charge in [-0.25, -0.2) is 4.98 Å². The van der Waals surface area contributed by atoms with Gasteiger partial charge in [0.1, 0.15) is 0 Å². The zero-order chi connectivity index (χ0) is 12.5. The summed E-state index contributed by atoms with van der Waals surface area (Å²) in [7, 11) is 0. The minimum atomic E-state index is 0.294. The first-order valence-electron chi connectivity index (χ1n) is 6.40. The minimum Gasteiger partial charge on any atom is -0.399 e. The highest BCUT2D eigenvalue weighted by atomic mass is 32.2. The van der Waals surface area contributed by atoms with Crippen LogP contribution in [0, 0.1) is 0 Å². The fraction of sp³-hybridized carbons (Fsp3) is 0.462. The summed E-state index contributed by atoms with van der Waals surface area (Å²) in [5, 5.41) is 1.44. The van der Waals surface area contributed by atoms with Crippen molar-refractivity contribution in [1.29, 1.82) is 0 Å². The van der Waals surface area contributed by atoms with E-state index in [1.165, 1.54) is 19.3 Å². The van der Waals surface area contributed by atoms with Crippen molar-refractivity contribution in [1.82, 2.24) is 9.97 Å². The van der Waals surface area contributed by atoms with Gasteiger partial charge in [0, 0.05) is 17.0 Å². The number of H-pyrrole nitrogens is 1. The first kappa shape index (κ1) is 11.9. The molecule has 0 spiro atoms. The van der Waals surface area contributed by atoms with Gasteiger partial charge < -0.3 is 16.5 Å². The van der Waals surface area contributed by atoms with Crippen LogP contribution in [0.25, 0.3) is 11.0 Å². The smallest absolute Gasteiger partial charge is 0.166 e. The molecule has 4 nitrogen and oxygen atoms in total. The lowest BCUT2D eigenvalue weighted by Gasteiger charge is -2.26. The number of benzene rings is 1. The summed E-state index contributed by atoms with van der Waals surface area (Å²) < 4.78 is 0. The van der Waals surface area contributed by atoms with Crippen LogP contribution in [0.2, 0.25) is 0 Å². The third-order valence-corrected chi connectivity index (χ3v) is 4.81. The molecule has 5 N–H and O–H groups in total. The van der Waals surface area contributed by atoms with Gasteiger partial charge in [0.2, 0.25) is 0 Å². The quantitative estimate of drug-likeness (QED) is 0.726. The normalized spacial score (nSPS) is 24.5. The average Bonchev–Trinajstić information content (AvgIpc) is 2.73. The van der Waals surface area contributed by atoms with Crippen LogP contribution >= 0.6 is 11.8 Å². The Hall–Kier alpha value is -1.20. The van der Waals surface area contributed by atoms with E-state index in [1.54, 1.807) is 11.8 Å². The number of fused-ring (bicyclic) bond motifs is 1. The molecule has 96 valence electrons. The van der Waals surface area contributed by atoms with Gasteiger partial charge in [-0.05, 0) is 31.0 Å². The van der Waals surface area contributed by atoms with Crippen LogP contribution < -0.4 is 11.5 Å². The van der Waals surface area contributed by atoms with Gasteiger partial charge in [-0.2, -0.15) is 0 Å². The number of nitrogens with one attached hydrogen (secondary N) is 1. The van der Waals surface area contributed by atoms with E-state index in [0.717, 1.165) is 28.3 Å². The van der Waals surface area contributed by atoms with E-state index in [9.17, 15) is 0 Å². The molecule has 1 fully saturated rings. The molecule has 1 aliphatic carbocycles. The standard InChI is InChI=1S/C13H18N4S/c14-8-5-6-10-11(7-8)17-13(16-10)18-12-4-2-1-3-9(12)15/h5-7,9,12H,1-4,14-15H2,(H,16,17). The third kappa shape index (κ3) is 2.33. The van der Waals surface area contributed by atoms with Crippen LogP contribution in [0.15, 0.2) is 23.4 Å². The Balaban J connectivity index is 1.81. The van der Waals surface area contributed by atoms with E-state index >= 15 is 0 Å². The fourth-order valence-electron chi connectivity index (χ4n) is 2.47. The lowest BCUT2D eigenvalue weighted by atomic mass is 9.96. The number of nitrogens with zero attached hydrogens (tertiary/aromatic N) is 1. The molecule has 2 aromatic rings. The molecule has 0 radical (unpaired) electrons. The number of nitrogen functional groups attached to an aromatic ring is 1. The second-order valence-corrected chi connectivity index (χ2v) is 6.15. The second kappa shape index (κ2) is 4.82. The molecule has 2 unspecified atom stereocenters. The van der Waals surface area contributed by atoms with Crippen molar-refractivity contribution in [2.45, 2.75) is 42.1 Å². The molecule has 0 aliphatic heterocycles. The Morgan fingerprint density at radius 1 is 1.28 bits per heavy atom. The predicted molar refractivity (Wildman–Crippen MR) is 76.6 cm³/mol. The van der Waals surface area contributed by atoms with Crippen LogP contribution in [-0.4, -0.2) is 21.3 Å². The van der Waals surface area contributed by atoms with E-state index in [2.05, 4.69) is 9.97 Å².